The van der Waals surface area contributed by atoms with Gasteiger partial charge in [0.25, 0.3) is 11.8 Å². The molecule has 6 rings (SSSR count). The van der Waals surface area contributed by atoms with Crippen molar-refractivity contribution in [3.8, 4) is 0 Å². The first-order chi connectivity index (χ1) is 30.6. The summed E-state index contributed by atoms with van der Waals surface area (Å²) in [5.41, 5.74) is 3.85. The van der Waals surface area contributed by atoms with Crippen molar-refractivity contribution in [2.45, 2.75) is 103 Å². The van der Waals surface area contributed by atoms with E-state index in [-0.39, 0.29) is 35.5 Å². The SMILES string of the molecule is CCCNC(=O)C1CCN(Cc2ccc(C(=O)N(C)CCN3CCC(OC4CCN(CCN(C)C(=O)c5ccc(CN6CCC(C(=O)NCCC)CC6)cc5)CC4)CC3)cc2)CC1. The van der Waals surface area contributed by atoms with E-state index in [1.165, 1.54) is 11.1 Å². The van der Waals surface area contributed by atoms with Crippen molar-refractivity contribution in [1.29, 1.82) is 0 Å². The smallest absolute Gasteiger partial charge is 0.253 e. The monoisotopic (exact) mass is 871 g/mol. The van der Waals surface area contributed by atoms with Gasteiger partial charge in [0.1, 0.15) is 0 Å². The lowest BCUT2D eigenvalue weighted by Gasteiger charge is -2.37. The Bertz CT molecular complexity index is 1590. The number of amides is 4. The number of hydrogen-bond donors (Lipinski definition) is 2. The summed E-state index contributed by atoms with van der Waals surface area (Å²) in [5.74, 6) is 0.768. The Hall–Kier alpha value is -3.88. The van der Waals surface area contributed by atoms with Gasteiger partial charge in [-0.2, -0.15) is 0 Å². The molecule has 63 heavy (non-hydrogen) atoms. The number of benzene rings is 2. The number of hydrogen-bond acceptors (Lipinski definition) is 9. The minimum atomic E-state index is 0.0586. The second-order valence-electron chi connectivity index (χ2n) is 18.7. The van der Waals surface area contributed by atoms with Crippen molar-refractivity contribution in [3.63, 3.8) is 0 Å². The standard InChI is InChI=1S/C50H78N8O5/c1-5-23-51-47(59)41-15-25-57(26-16-41)37-39-7-11-43(12-8-39)49(61)53(3)33-35-55-29-19-45(20-30-55)63-46-21-31-56(32-22-46)36-34-54(4)50(62)44-13-9-40(10-14-44)38-58-27-17-42(18-28-58)48(60)52-24-6-2/h7-14,41-42,45-46H,5-6,15-38H2,1-4H3,(H,51,59)(H,52,60). The molecule has 4 aliphatic rings. The Kier molecular flexibility index (Phi) is 19.3. The van der Waals surface area contributed by atoms with Gasteiger partial charge in [0.2, 0.25) is 11.8 Å². The highest BCUT2D eigenvalue weighted by Gasteiger charge is 2.28. The van der Waals surface area contributed by atoms with E-state index in [1.54, 1.807) is 0 Å². The van der Waals surface area contributed by atoms with Crippen molar-refractivity contribution in [3.05, 3.63) is 70.8 Å². The zero-order valence-electron chi connectivity index (χ0n) is 39.0. The van der Waals surface area contributed by atoms with E-state index in [0.29, 0.717) is 25.3 Å². The fourth-order valence-electron chi connectivity index (χ4n) is 9.55. The van der Waals surface area contributed by atoms with Crippen LogP contribution >= 0.6 is 0 Å². The van der Waals surface area contributed by atoms with Gasteiger partial charge in [-0.3, -0.25) is 29.0 Å². The van der Waals surface area contributed by atoms with Crippen molar-refractivity contribution >= 4 is 23.6 Å². The normalized spacial score (nSPS) is 19.5. The molecule has 4 amide bonds. The zero-order chi connectivity index (χ0) is 44.6. The minimum Gasteiger partial charge on any atom is -0.375 e. The van der Waals surface area contributed by atoms with Crippen LogP contribution in [0.2, 0.25) is 0 Å². The summed E-state index contributed by atoms with van der Waals surface area (Å²) in [4.78, 5) is 64.6. The van der Waals surface area contributed by atoms with Gasteiger partial charge in [-0.15, -0.1) is 0 Å². The number of carbonyl (C=O) groups is 4. The van der Waals surface area contributed by atoms with Crippen molar-refractivity contribution in [1.82, 2.24) is 40.0 Å². The number of likely N-dealkylation sites (N-methyl/N-ethyl adjacent to an activating group) is 2. The lowest BCUT2D eigenvalue weighted by atomic mass is 9.95. The summed E-state index contributed by atoms with van der Waals surface area (Å²) < 4.78 is 6.62. The number of carbonyl (C=O) groups excluding carboxylic acids is 4. The molecule has 0 aromatic heterocycles. The highest BCUT2D eigenvalue weighted by molar-refractivity contribution is 5.94. The Balaban J connectivity index is 0.800. The van der Waals surface area contributed by atoms with E-state index in [1.807, 2.05) is 48.2 Å². The van der Waals surface area contributed by atoms with Crippen LogP contribution in [0.25, 0.3) is 0 Å². The van der Waals surface area contributed by atoms with Gasteiger partial charge in [0, 0.05) is 116 Å². The molecule has 4 heterocycles. The maximum atomic E-state index is 13.3. The molecule has 4 fully saturated rings. The average molecular weight is 871 g/mol. The van der Waals surface area contributed by atoms with Crippen LogP contribution in [0.15, 0.2) is 48.5 Å². The maximum Gasteiger partial charge on any atom is 0.253 e. The predicted molar refractivity (Wildman–Crippen MR) is 249 cm³/mol. The summed E-state index contributed by atoms with van der Waals surface area (Å²) in [6.07, 6.45) is 10.2. The minimum absolute atomic E-state index is 0.0586. The summed E-state index contributed by atoms with van der Waals surface area (Å²) in [5, 5.41) is 6.08. The molecule has 13 nitrogen and oxygen atoms in total. The van der Waals surface area contributed by atoms with Crippen molar-refractivity contribution in [2.24, 2.45) is 11.8 Å². The molecule has 13 heteroatoms. The van der Waals surface area contributed by atoms with E-state index in [4.69, 9.17) is 4.74 Å². The third-order valence-corrected chi connectivity index (χ3v) is 13.9. The van der Waals surface area contributed by atoms with Gasteiger partial charge in [-0.05, 0) is 126 Å². The third kappa shape index (κ3) is 15.1. The molecule has 2 N–H and O–H groups in total. The Morgan fingerprint density at radius 3 is 1.19 bits per heavy atom. The quantitative estimate of drug-likeness (QED) is 0.191. The topological polar surface area (TPSA) is 121 Å². The van der Waals surface area contributed by atoms with Gasteiger partial charge in [0.15, 0.2) is 0 Å². The molecule has 2 aromatic carbocycles. The van der Waals surface area contributed by atoms with Crippen LogP contribution in [0.4, 0.5) is 0 Å². The number of nitrogens with one attached hydrogen (secondary N) is 2. The summed E-state index contributed by atoms with van der Waals surface area (Å²) in [6, 6.07) is 16.1. The van der Waals surface area contributed by atoms with Crippen LogP contribution in [0, 0.1) is 11.8 Å². The van der Waals surface area contributed by atoms with Gasteiger partial charge in [-0.1, -0.05) is 38.1 Å². The second kappa shape index (κ2) is 25.0. The van der Waals surface area contributed by atoms with Crippen LogP contribution in [0.3, 0.4) is 0 Å². The largest absolute Gasteiger partial charge is 0.375 e. The lowest BCUT2D eigenvalue weighted by molar-refractivity contribution is -0.127. The fraction of sp³-hybridized carbons (Fsp3) is 0.680. The molecule has 0 aliphatic carbocycles. The zero-order valence-corrected chi connectivity index (χ0v) is 39.0. The highest BCUT2D eigenvalue weighted by Crippen LogP contribution is 2.23. The molecule has 2 aromatic rings. The van der Waals surface area contributed by atoms with Gasteiger partial charge in [0.05, 0.1) is 12.2 Å². The Morgan fingerprint density at radius 2 is 0.857 bits per heavy atom. The molecule has 0 spiro atoms. The first-order valence-corrected chi connectivity index (χ1v) is 24.4. The Labute approximate surface area is 378 Å². The second-order valence-corrected chi connectivity index (χ2v) is 18.7. The molecule has 0 radical (unpaired) electrons. The maximum absolute atomic E-state index is 13.3. The van der Waals surface area contributed by atoms with Gasteiger partial charge < -0.3 is 35.0 Å². The number of rotatable bonds is 20. The van der Waals surface area contributed by atoms with Crippen molar-refractivity contribution in [2.75, 3.05) is 106 Å². The number of likely N-dealkylation sites (tertiary alicyclic amines) is 4. The van der Waals surface area contributed by atoms with Crippen LogP contribution < -0.4 is 10.6 Å². The molecule has 0 bridgehead atoms. The average Bonchev–Trinajstić information content (AvgIpc) is 3.32. The molecule has 4 saturated heterocycles. The van der Waals surface area contributed by atoms with Crippen LogP contribution in [-0.4, -0.2) is 171 Å². The lowest BCUT2D eigenvalue weighted by Crippen LogP contribution is -2.45. The number of nitrogens with zero attached hydrogens (tertiary/aromatic N) is 6. The summed E-state index contributed by atoms with van der Waals surface area (Å²) in [6.45, 7) is 18.1. The molecular formula is C50H78N8O5. The fourth-order valence-corrected chi connectivity index (χ4v) is 9.55. The molecule has 0 saturated carbocycles. The first kappa shape index (κ1) is 48.6. The van der Waals surface area contributed by atoms with E-state index < -0.39 is 0 Å². The van der Waals surface area contributed by atoms with Crippen molar-refractivity contribution < 1.29 is 23.9 Å². The summed E-state index contributed by atoms with van der Waals surface area (Å²) >= 11 is 0. The van der Waals surface area contributed by atoms with Crippen LogP contribution in [0.5, 0.6) is 0 Å². The van der Waals surface area contributed by atoms with Gasteiger partial charge in [-0.25, -0.2) is 0 Å². The highest BCUT2D eigenvalue weighted by atomic mass is 16.5. The molecule has 4 aliphatic heterocycles. The number of piperidine rings is 4. The van der Waals surface area contributed by atoms with Crippen LogP contribution in [-0.2, 0) is 27.4 Å². The van der Waals surface area contributed by atoms with E-state index in [0.717, 1.165) is 167 Å². The van der Waals surface area contributed by atoms with E-state index in [2.05, 4.69) is 68.3 Å². The van der Waals surface area contributed by atoms with Crippen LogP contribution in [0.1, 0.15) is 110 Å². The van der Waals surface area contributed by atoms with Gasteiger partial charge >= 0.3 is 0 Å². The van der Waals surface area contributed by atoms with E-state index >= 15 is 0 Å². The van der Waals surface area contributed by atoms with E-state index in [9.17, 15) is 19.2 Å². The number of ether oxygens (including phenoxy) is 1. The molecule has 348 valence electrons. The summed E-state index contributed by atoms with van der Waals surface area (Å²) in [7, 11) is 3.80. The molecular weight excluding hydrogens is 793 g/mol. The Morgan fingerprint density at radius 1 is 0.524 bits per heavy atom. The predicted octanol–water partition coefficient (Wildman–Crippen LogP) is 4.95. The first-order valence-electron chi connectivity index (χ1n) is 24.4. The third-order valence-electron chi connectivity index (χ3n) is 13.9. The molecule has 0 atom stereocenters. The molecule has 0 unspecified atom stereocenters.